The van der Waals surface area contributed by atoms with Crippen molar-refractivity contribution >= 4 is 5.91 Å². The summed E-state index contributed by atoms with van der Waals surface area (Å²) in [5.41, 5.74) is 0.964. The van der Waals surface area contributed by atoms with E-state index in [0.717, 1.165) is 37.1 Å². The molecule has 0 radical (unpaired) electrons. The lowest BCUT2D eigenvalue weighted by molar-refractivity contribution is -0.129. The molecule has 1 amide bonds. The number of likely N-dealkylation sites (N-methyl/N-ethyl adjacent to an activating group) is 1. The van der Waals surface area contributed by atoms with E-state index in [1.807, 2.05) is 31.3 Å². The molecule has 0 aliphatic heterocycles. The molecule has 1 aromatic rings. The number of carbonyl (C=O) groups is 1. The average Bonchev–Trinajstić information content (AvgIpc) is 2.43. The molecule has 19 heavy (non-hydrogen) atoms. The summed E-state index contributed by atoms with van der Waals surface area (Å²) >= 11 is 0. The summed E-state index contributed by atoms with van der Waals surface area (Å²) in [7, 11) is 3.44. The van der Waals surface area contributed by atoms with Gasteiger partial charge in [-0.3, -0.25) is 4.79 Å². The van der Waals surface area contributed by atoms with E-state index < -0.39 is 0 Å². The molecule has 1 rings (SSSR count). The minimum atomic E-state index is 0.109. The van der Waals surface area contributed by atoms with Gasteiger partial charge in [-0.05, 0) is 37.0 Å². The topological polar surface area (TPSA) is 49.8 Å². The second-order valence-electron chi connectivity index (χ2n) is 4.63. The fraction of sp³-hybridized carbons (Fsp3) is 0.533. The maximum atomic E-state index is 12.0. The smallest absolute Gasteiger partial charge is 0.226 e. The van der Waals surface area contributed by atoms with Crippen LogP contribution in [0.4, 0.5) is 0 Å². The zero-order valence-corrected chi connectivity index (χ0v) is 11.8. The number of amides is 1. The standard InChI is InChI=1S/C15H23NO3/c1-16(9-4-3-5-10-17)15(18)12-13-7-6-8-14(11-13)19-2/h6-8,11,17H,3-5,9-10,12H2,1-2H3. The second-order valence-corrected chi connectivity index (χ2v) is 4.63. The third kappa shape index (κ3) is 5.75. The lowest BCUT2D eigenvalue weighted by Gasteiger charge is -2.17. The fourth-order valence-corrected chi connectivity index (χ4v) is 1.85. The number of carbonyl (C=O) groups excluding carboxylic acids is 1. The van der Waals surface area contributed by atoms with Gasteiger partial charge in [-0.25, -0.2) is 0 Å². The first-order valence-corrected chi connectivity index (χ1v) is 6.65. The first kappa shape index (κ1) is 15.5. The molecule has 0 saturated heterocycles. The summed E-state index contributed by atoms with van der Waals surface area (Å²) in [6.45, 7) is 0.963. The van der Waals surface area contributed by atoms with Crippen LogP contribution in [0, 0.1) is 0 Å². The quantitative estimate of drug-likeness (QED) is 0.730. The van der Waals surface area contributed by atoms with Crippen molar-refractivity contribution in [1.82, 2.24) is 4.90 Å². The van der Waals surface area contributed by atoms with Gasteiger partial charge in [0.25, 0.3) is 0 Å². The number of aliphatic hydroxyl groups is 1. The van der Waals surface area contributed by atoms with Crippen LogP contribution in [0.1, 0.15) is 24.8 Å². The van der Waals surface area contributed by atoms with Crippen LogP contribution < -0.4 is 4.74 Å². The van der Waals surface area contributed by atoms with Gasteiger partial charge in [-0.15, -0.1) is 0 Å². The molecule has 0 fully saturated rings. The summed E-state index contributed by atoms with van der Waals surface area (Å²) < 4.78 is 5.14. The molecule has 4 heteroatoms. The molecule has 0 aliphatic rings. The maximum absolute atomic E-state index is 12.0. The lowest BCUT2D eigenvalue weighted by Crippen LogP contribution is -2.29. The van der Waals surface area contributed by atoms with Gasteiger partial charge >= 0.3 is 0 Å². The molecular formula is C15H23NO3. The van der Waals surface area contributed by atoms with E-state index in [1.54, 1.807) is 12.0 Å². The molecule has 1 N–H and O–H groups in total. The monoisotopic (exact) mass is 265 g/mol. The van der Waals surface area contributed by atoms with E-state index in [0.29, 0.717) is 6.42 Å². The van der Waals surface area contributed by atoms with Crippen molar-refractivity contribution in [3.63, 3.8) is 0 Å². The maximum Gasteiger partial charge on any atom is 0.226 e. The molecule has 0 spiro atoms. The predicted molar refractivity (Wildman–Crippen MR) is 75.3 cm³/mol. The first-order valence-electron chi connectivity index (χ1n) is 6.65. The zero-order chi connectivity index (χ0) is 14.1. The molecule has 0 bridgehead atoms. The molecule has 0 unspecified atom stereocenters. The van der Waals surface area contributed by atoms with Gasteiger partial charge in [0.2, 0.25) is 5.91 Å². The highest BCUT2D eigenvalue weighted by Crippen LogP contribution is 2.13. The van der Waals surface area contributed by atoms with Gasteiger partial charge in [-0.1, -0.05) is 12.1 Å². The van der Waals surface area contributed by atoms with Gasteiger partial charge in [0.05, 0.1) is 13.5 Å². The van der Waals surface area contributed by atoms with Crippen molar-refractivity contribution in [2.24, 2.45) is 0 Å². The van der Waals surface area contributed by atoms with Crippen LogP contribution in [0.3, 0.4) is 0 Å². The number of hydrogen-bond acceptors (Lipinski definition) is 3. The molecular weight excluding hydrogens is 242 g/mol. The Morgan fingerprint density at radius 1 is 1.32 bits per heavy atom. The minimum Gasteiger partial charge on any atom is -0.497 e. The van der Waals surface area contributed by atoms with Crippen molar-refractivity contribution < 1.29 is 14.6 Å². The average molecular weight is 265 g/mol. The summed E-state index contributed by atoms with van der Waals surface area (Å²) in [6, 6.07) is 7.58. The molecule has 4 nitrogen and oxygen atoms in total. The minimum absolute atomic E-state index is 0.109. The van der Waals surface area contributed by atoms with Crippen molar-refractivity contribution in [3.05, 3.63) is 29.8 Å². The molecule has 0 saturated carbocycles. The number of methoxy groups -OCH3 is 1. The van der Waals surface area contributed by atoms with Crippen LogP contribution in [0.15, 0.2) is 24.3 Å². The molecule has 1 aromatic carbocycles. The second kappa shape index (κ2) is 8.53. The number of rotatable bonds is 8. The Morgan fingerprint density at radius 3 is 2.79 bits per heavy atom. The Morgan fingerprint density at radius 2 is 2.11 bits per heavy atom. The molecule has 0 atom stereocenters. The Balaban J connectivity index is 2.40. The highest BCUT2D eigenvalue weighted by molar-refractivity contribution is 5.78. The van der Waals surface area contributed by atoms with E-state index in [2.05, 4.69) is 0 Å². The number of benzene rings is 1. The number of nitrogens with zero attached hydrogens (tertiary/aromatic N) is 1. The van der Waals surface area contributed by atoms with Crippen LogP contribution in [-0.2, 0) is 11.2 Å². The highest BCUT2D eigenvalue weighted by atomic mass is 16.5. The van der Waals surface area contributed by atoms with Gasteiger partial charge in [0.15, 0.2) is 0 Å². The zero-order valence-electron chi connectivity index (χ0n) is 11.8. The van der Waals surface area contributed by atoms with E-state index in [9.17, 15) is 4.79 Å². The van der Waals surface area contributed by atoms with E-state index in [-0.39, 0.29) is 12.5 Å². The van der Waals surface area contributed by atoms with Gasteiger partial charge in [0.1, 0.15) is 5.75 Å². The predicted octanol–water partition coefficient (Wildman–Crippen LogP) is 1.86. The Bertz CT molecular complexity index is 393. The normalized spacial score (nSPS) is 10.3. The van der Waals surface area contributed by atoms with Crippen LogP contribution in [-0.4, -0.2) is 43.2 Å². The van der Waals surface area contributed by atoms with Gasteiger partial charge in [-0.2, -0.15) is 0 Å². The van der Waals surface area contributed by atoms with Crippen molar-refractivity contribution in [1.29, 1.82) is 0 Å². The number of hydrogen-bond donors (Lipinski definition) is 1. The Kier molecular flexibility index (Phi) is 6.97. The summed E-state index contributed by atoms with van der Waals surface area (Å²) in [5, 5.41) is 8.69. The number of aliphatic hydroxyl groups excluding tert-OH is 1. The first-order chi connectivity index (χ1) is 9.17. The van der Waals surface area contributed by atoms with Gasteiger partial charge in [0, 0.05) is 20.2 Å². The third-order valence-corrected chi connectivity index (χ3v) is 3.07. The Hall–Kier alpha value is -1.55. The molecule has 106 valence electrons. The van der Waals surface area contributed by atoms with Crippen molar-refractivity contribution in [3.8, 4) is 5.75 Å². The van der Waals surface area contributed by atoms with Crippen molar-refractivity contribution in [2.75, 3.05) is 27.3 Å². The molecule has 0 aliphatic carbocycles. The highest BCUT2D eigenvalue weighted by Gasteiger charge is 2.09. The van der Waals surface area contributed by atoms with Crippen LogP contribution in [0.5, 0.6) is 5.75 Å². The number of ether oxygens (including phenoxy) is 1. The van der Waals surface area contributed by atoms with E-state index in [4.69, 9.17) is 9.84 Å². The third-order valence-electron chi connectivity index (χ3n) is 3.07. The van der Waals surface area contributed by atoms with Crippen molar-refractivity contribution in [2.45, 2.75) is 25.7 Å². The SMILES string of the molecule is COc1cccc(CC(=O)N(C)CCCCCO)c1. The largest absolute Gasteiger partial charge is 0.497 e. The van der Waals surface area contributed by atoms with Crippen LogP contribution in [0.25, 0.3) is 0 Å². The summed E-state index contributed by atoms with van der Waals surface area (Å²) in [6.07, 6.45) is 3.08. The van der Waals surface area contributed by atoms with Gasteiger partial charge < -0.3 is 14.7 Å². The van der Waals surface area contributed by atoms with Crippen LogP contribution >= 0.6 is 0 Å². The fourth-order valence-electron chi connectivity index (χ4n) is 1.85. The van der Waals surface area contributed by atoms with E-state index in [1.165, 1.54) is 0 Å². The van der Waals surface area contributed by atoms with E-state index >= 15 is 0 Å². The Labute approximate surface area is 115 Å². The summed E-state index contributed by atoms with van der Waals surface area (Å²) in [4.78, 5) is 13.8. The number of unbranched alkanes of at least 4 members (excludes halogenated alkanes) is 2. The van der Waals surface area contributed by atoms with Crippen LogP contribution in [0.2, 0.25) is 0 Å². The molecule has 0 aromatic heterocycles. The summed E-state index contributed by atoms with van der Waals surface area (Å²) in [5.74, 6) is 0.883. The lowest BCUT2D eigenvalue weighted by atomic mass is 10.1. The molecule has 0 heterocycles.